The Labute approximate surface area is 122 Å². The van der Waals surface area contributed by atoms with Gasteiger partial charge in [-0.25, -0.2) is 4.79 Å². The third kappa shape index (κ3) is 2.04. The Bertz CT molecular complexity index is 685. The van der Waals surface area contributed by atoms with Crippen molar-refractivity contribution < 1.29 is 14.3 Å². The molecule has 106 valence electrons. The fourth-order valence-corrected chi connectivity index (χ4v) is 3.00. The molecule has 4 nitrogen and oxygen atoms in total. The van der Waals surface area contributed by atoms with Gasteiger partial charge in [-0.05, 0) is 11.6 Å². The van der Waals surface area contributed by atoms with Gasteiger partial charge in [0, 0.05) is 12.1 Å². The lowest BCUT2D eigenvalue weighted by molar-refractivity contribution is -0.164. The van der Waals surface area contributed by atoms with Gasteiger partial charge in [-0.15, -0.1) is 0 Å². The van der Waals surface area contributed by atoms with Crippen LogP contribution in [0.4, 0.5) is 0 Å². The Morgan fingerprint density at radius 3 is 2.67 bits per heavy atom. The van der Waals surface area contributed by atoms with Crippen molar-refractivity contribution >= 4 is 5.97 Å². The van der Waals surface area contributed by atoms with Gasteiger partial charge in [-0.3, -0.25) is 4.90 Å². The number of hydrogen-bond donors (Lipinski definition) is 0. The Morgan fingerprint density at radius 2 is 1.81 bits per heavy atom. The molecule has 1 spiro atoms. The first-order valence-corrected chi connectivity index (χ1v) is 7.00. The summed E-state index contributed by atoms with van der Waals surface area (Å²) in [5.74, 6) is -1.23. The maximum absolute atomic E-state index is 12.0. The Kier molecular flexibility index (Phi) is 2.80. The van der Waals surface area contributed by atoms with Crippen molar-refractivity contribution in [1.29, 1.82) is 0 Å². The average Bonchev–Trinajstić information content (AvgIpc) is 3.04. The van der Waals surface area contributed by atoms with Gasteiger partial charge in [0.15, 0.2) is 0 Å². The first-order valence-electron chi connectivity index (χ1n) is 7.00. The zero-order valence-electron chi connectivity index (χ0n) is 11.5. The molecule has 4 rings (SSSR count). The third-order valence-electron chi connectivity index (χ3n) is 3.98. The van der Waals surface area contributed by atoms with Gasteiger partial charge in [0.2, 0.25) is 0 Å². The summed E-state index contributed by atoms with van der Waals surface area (Å²) < 4.78 is 11.4. The number of fused-ring (bicyclic) bond motifs is 2. The maximum atomic E-state index is 12.0. The van der Waals surface area contributed by atoms with E-state index in [0.717, 1.165) is 12.1 Å². The van der Waals surface area contributed by atoms with Crippen LogP contribution >= 0.6 is 0 Å². The zero-order valence-corrected chi connectivity index (χ0v) is 11.5. The smallest absolute Gasteiger partial charge is 0.341 e. The predicted molar refractivity (Wildman–Crippen MR) is 76.3 cm³/mol. The monoisotopic (exact) mass is 281 g/mol. The summed E-state index contributed by atoms with van der Waals surface area (Å²) in [6.07, 6.45) is 0. The lowest BCUT2D eigenvalue weighted by Gasteiger charge is -2.21. The van der Waals surface area contributed by atoms with Gasteiger partial charge in [-0.2, -0.15) is 0 Å². The highest BCUT2D eigenvalue weighted by Crippen LogP contribution is 2.41. The van der Waals surface area contributed by atoms with Crippen LogP contribution in [0.5, 0.6) is 0 Å². The molecule has 1 saturated heterocycles. The third-order valence-corrected chi connectivity index (χ3v) is 3.98. The molecule has 1 unspecified atom stereocenters. The number of benzene rings is 2. The lowest BCUT2D eigenvalue weighted by atomic mass is 10.0. The van der Waals surface area contributed by atoms with Crippen LogP contribution in [0.15, 0.2) is 54.6 Å². The number of nitrogens with zero attached hydrogens (tertiary/aromatic N) is 1. The van der Waals surface area contributed by atoms with Gasteiger partial charge in [0.1, 0.15) is 6.73 Å². The molecule has 0 aliphatic carbocycles. The van der Waals surface area contributed by atoms with Crippen LogP contribution in [0.2, 0.25) is 0 Å². The summed E-state index contributed by atoms with van der Waals surface area (Å²) in [5, 5.41) is 0. The summed E-state index contributed by atoms with van der Waals surface area (Å²) >= 11 is 0. The molecule has 2 aliphatic rings. The molecule has 21 heavy (non-hydrogen) atoms. The summed E-state index contributed by atoms with van der Waals surface area (Å²) in [6, 6.07) is 17.7. The predicted octanol–water partition coefficient (Wildman–Crippen LogP) is 2.50. The molecular weight excluding hydrogens is 266 g/mol. The summed E-state index contributed by atoms with van der Waals surface area (Å²) in [5.41, 5.74) is 2.67. The molecule has 1 atom stereocenters. The molecule has 0 bridgehead atoms. The molecule has 0 saturated carbocycles. The van der Waals surface area contributed by atoms with Crippen LogP contribution in [0.1, 0.15) is 21.5 Å². The second-order valence-corrected chi connectivity index (χ2v) is 5.43. The van der Waals surface area contributed by atoms with E-state index in [9.17, 15) is 4.79 Å². The molecule has 0 radical (unpaired) electrons. The van der Waals surface area contributed by atoms with Gasteiger partial charge in [-0.1, -0.05) is 48.5 Å². The summed E-state index contributed by atoms with van der Waals surface area (Å²) in [4.78, 5) is 14.1. The van der Waals surface area contributed by atoms with E-state index in [1.165, 1.54) is 5.56 Å². The van der Waals surface area contributed by atoms with Crippen LogP contribution in [-0.4, -0.2) is 24.1 Å². The van der Waals surface area contributed by atoms with Crippen molar-refractivity contribution in [2.75, 3.05) is 13.3 Å². The number of esters is 1. The largest absolute Gasteiger partial charge is 0.423 e. The maximum Gasteiger partial charge on any atom is 0.341 e. The highest BCUT2D eigenvalue weighted by molar-refractivity contribution is 5.94. The zero-order chi connectivity index (χ0) is 14.3. The first-order chi connectivity index (χ1) is 10.3. The van der Waals surface area contributed by atoms with E-state index >= 15 is 0 Å². The minimum atomic E-state index is -0.928. The SMILES string of the molecule is O=C1OC2(CN(Cc3ccccc3)CO2)c2ccccc21. The number of ether oxygens (including phenoxy) is 2. The summed E-state index contributed by atoms with van der Waals surface area (Å²) in [7, 11) is 0. The Hall–Kier alpha value is -2.17. The fourth-order valence-electron chi connectivity index (χ4n) is 3.00. The van der Waals surface area contributed by atoms with E-state index < -0.39 is 5.79 Å². The van der Waals surface area contributed by atoms with Crippen molar-refractivity contribution in [3.05, 3.63) is 71.3 Å². The molecular formula is C17H15NO3. The molecule has 2 aromatic rings. The molecule has 0 aromatic heterocycles. The minimum absolute atomic E-state index is 0.299. The van der Waals surface area contributed by atoms with Crippen molar-refractivity contribution in [3.63, 3.8) is 0 Å². The highest BCUT2D eigenvalue weighted by Gasteiger charge is 2.51. The van der Waals surface area contributed by atoms with Crippen LogP contribution in [-0.2, 0) is 21.8 Å². The molecule has 4 heteroatoms. The second-order valence-electron chi connectivity index (χ2n) is 5.43. The number of rotatable bonds is 2. The highest BCUT2D eigenvalue weighted by atomic mass is 16.7. The van der Waals surface area contributed by atoms with Crippen LogP contribution in [0.3, 0.4) is 0 Å². The molecule has 0 N–H and O–H groups in total. The number of carbonyl (C=O) groups excluding carboxylic acids is 1. The second kappa shape index (κ2) is 4.69. The molecule has 2 aliphatic heterocycles. The standard InChI is InChI=1S/C17H15NO3/c19-16-14-8-4-5-9-15(14)17(21-16)11-18(12-20-17)10-13-6-2-1-3-7-13/h1-9H,10-12H2. The van der Waals surface area contributed by atoms with Gasteiger partial charge in [0.05, 0.1) is 12.1 Å². The molecule has 1 fully saturated rings. The average molecular weight is 281 g/mol. The number of hydrogen-bond acceptors (Lipinski definition) is 4. The Morgan fingerprint density at radius 1 is 1.05 bits per heavy atom. The number of carbonyl (C=O) groups is 1. The molecule has 2 heterocycles. The van der Waals surface area contributed by atoms with Crippen molar-refractivity contribution in [3.8, 4) is 0 Å². The minimum Gasteiger partial charge on any atom is -0.423 e. The Balaban J connectivity index is 1.58. The van der Waals surface area contributed by atoms with Gasteiger partial charge < -0.3 is 9.47 Å². The fraction of sp³-hybridized carbons (Fsp3) is 0.235. The molecule has 2 aromatic carbocycles. The quantitative estimate of drug-likeness (QED) is 0.793. The van der Waals surface area contributed by atoms with Gasteiger partial charge in [0.25, 0.3) is 5.79 Å². The normalized spacial score (nSPS) is 24.3. The van der Waals surface area contributed by atoms with Crippen LogP contribution < -0.4 is 0 Å². The van der Waals surface area contributed by atoms with Gasteiger partial charge >= 0.3 is 5.97 Å². The van der Waals surface area contributed by atoms with Crippen molar-refractivity contribution in [2.45, 2.75) is 12.3 Å². The van der Waals surface area contributed by atoms with E-state index in [1.54, 1.807) is 6.07 Å². The summed E-state index contributed by atoms with van der Waals surface area (Å²) in [6.45, 7) is 1.80. The van der Waals surface area contributed by atoms with Crippen molar-refractivity contribution in [1.82, 2.24) is 4.90 Å². The first kappa shape index (κ1) is 12.6. The van der Waals surface area contributed by atoms with E-state index in [1.807, 2.05) is 36.4 Å². The topological polar surface area (TPSA) is 38.8 Å². The molecule has 0 amide bonds. The van der Waals surface area contributed by atoms with E-state index in [4.69, 9.17) is 9.47 Å². The lowest BCUT2D eigenvalue weighted by Crippen LogP contribution is -2.31. The van der Waals surface area contributed by atoms with Crippen molar-refractivity contribution in [2.24, 2.45) is 0 Å². The van der Waals surface area contributed by atoms with E-state index in [2.05, 4.69) is 17.0 Å². The van der Waals surface area contributed by atoms with Crippen LogP contribution in [0.25, 0.3) is 0 Å². The van der Waals surface area contributed by atoms with E-state index in [0.29, 0.717) is 18.8 Å². The van der Waals surface area contributed by atoms with Crippen LogP contribution in [0, 0.1) is 0 Å². The van der Waals surface area contributed by atoms with E-state index in [-0.39, 0.29) is 5.97 Å².